The maximum Gasteiger partial charge on any atom is 0.226 e. The fourth-order valence-corrected chi connectivity index (χ4v) is 2.42. The van der Waals surface area contributed by atoms with Crippen LogP contribution in [0.5, 0.6) is 0 Å². The first-order valence-electron chi connectivity index (χ1n) is 6.85. The van der Waals surface area contributed by atoms with Crippen molar-refractivity contribution in [1.82, 2.24) is 24.9 Å². The Hall–Kier alpha value is -2.21. The van der Waals surface area contributed by atoms with Crippen LogP contribution < -0.4 is 5.32 Å². The van der Waals surface area contributed by atoms with Gasteiger partial charge in [-0.15, -0.1) is 0 Å². The van der Waals surface area contributed by atoms with Gasteiger partial charge in [-0.2, -0.15) is 9.97 Å². The van der Waals surface area contributed by atoms with Crippen molar-refractivity contribution in [2.75, 3.05) is 5.32 Å². The van der Waals surface area contributed by atoms with Crippen LogP contribution in [0.25, 0.3) is 11.2 Å². The van der Waals surface area contributed by atoms with Gasteiger partial charge in [0.2, 0.25) is 5.28 Å². The molecule has 0 bridgehead atoms. The first-order valence-corrected chi connectivity index (χ1v) is 7.23. The summed E-state index contributed by atoms with van der Waals surface area (Å²) < 4.78 is 0. The molecule has 1 aliphatic rings. The van der Waals surface area contributed by atoms with Gasteiger partial charge in [-0.25, -0.2) is 4.98 Å². The van der Waals surface area contributed by atoms with E-state index < -0.39 is 0 Å². The van der Waals surface area contributed by atoms with Crippen molar-refractivity contribution in [2.24, 2.45) is 0 Å². The van der Waals surface area contributed by atoms with E-state index in [9.17, 15) is 0 Å². The molecule has 0 aromatic carbocycles. The van der Waals surface area contributed by atoms with Crippen LogP contribution in [0.4, 0.5) is 5.82 Å². The lowest BCUT2D eigenvalue weighted by molar-refractivity contribution is 0.983. The zero-order chi connectivity index (χ0) is 14.2. The fraction of sp³-hybridized carbons (Fsp3) is 0.286. The van der Waals surface area contributed by atoms with Crippen molar-refractivity contribution >= 4 is 28.6 Å². The number of halogens is 1. The number of rotatable bonds is 4. The van der Waals surface area contributed by atoms with E-state index in [4.69, 9.17) is 11.6 Å². The smallest absolute Gasteiger partial charge is 0.226 e. The van der Waals surface area contributed by atoms with Crippen molar-refractivity contribution in [3.05, 3.63) is 41.2 Å². The molecule has 0 radical (unpaired) electrons. The summed E-state index contributed by atoms with van der Waals surface area (Å²) in [4.78, 5) is 20.3. The number of hydrogen-bond acceptors (Lipinski definition) is 5. The van der Waals surface area contributed by atoms with E-state index in [1.165, 1.54) is 12.8 Å². The monoisotopic (exact) mass is 300 g/mol. The molecule has 106 valence electrons. The van der Waals surface area contributed by atoms with Gasteiger partial charge in [-0.05, 0) is 42.1 Å². The second kappa shape index (κ2) is 4.96. The van der Waals surface area contributed by atoms with Gasteiger partial charge in [0.05, 0.1) is 0 Å². The van der Waals surface area contributed by atoms with Gasteiger partial charge in [0.1, 0.15) is 5.82 Å². The molecule has 2 N–H and O–H groups in total. The first-order chi connectivity index (χ1) is 10.3. The lowest BCUT2D eigenvalue weighted by Crippen LogP contribution is -2.03. The maximum absolute atomic E-state index is 5.99. The Morgan fingerprint density at radius 3 is 2.76 bits per heavy atom. The number of aromatic amines is 1. The Morgan fingerprint density at radius 1 is 1.19 bits per heavy atom. The van der Waals surface area contributed by atoms with Gasteiger partial charge in [-0.3, -0.25) is 4.98 Å². The highest BCUT2D eigenvalue weighted by Gasteiger charge is 2.27. The molecule has 1 fully saturated rings. The predicted molar refractivity (Wildman–Crippen MR) is 80.2 cm³/mol. The maximum atomic E-state index is 5.99. The second-order valence-corrected chi connectivity index (χ2v) is 5.48. The Labute approximate surface area is 126 Å². The molecule has 0 atom stereocenters. The average Bonchev–Trinajstić information content (AvgIpc) is 3.26. The largest absolute Gasteiger partial charge is 0.364 e. The number of pyridine rings is 1. The molecule has 1 saturated carbocycles. The zero-order valence-electron chi connectivity index (χ0n) is 11.2. The number of H-pyrrole nitrogens is 1. The van der Waals surface area contributed by atoms with E-state index in [1.807, 2.05) is 12.1 Å². The zero-order valence-corrected chi connectivity index (χ0v) is 11.9. The highest BCUT2D eigenvalue weighted by molar-refractivity contribution is 6.28. The Morgan fingerprint density at radius 2 is 2.00 bits per heavy atom. The summed E-state index contributed by atoms with van der Waals surface area (Å²) in [5.74, 6) is 2.17. The predicted octanol–water partition coefficient (Wildman–Crippen LogP) is 2.89. The molecule has 3 aromatic rings. The molecular formula is C14H13ClN6. The van der Waals surface area contributed by atoms with Gasteiger partial charge in [0, 0.05) is 24.9 Å². The van der Waals surface area contributed by atoms with Crippen LogP contribution in [0.3, 0.4) is 0 Å². The van der Waals surface area contributed by atoms with Gasteiger partial charge < -0.3 is 10.3 Å². The van der Waals surface area contributed by atoms with Gasteiger partial charge >= 0.3 is 0 Å². The number of imidazole rings is 1. The number of nitrogens with one attached hydrogen (secondary N) is 2. The molecule has 3 heterocycles. The Bertz CT molecular complexity index is 781. The Balaban J connectivity index is 1.66. The summed E-state index contributed by atoms with van der Waals surface area (Å²) in [6, 6.07) is 3.90. The van der Waals surface area contributed by atoms with Crippen molar-refractivity contribution in [3.63, 3.8) is 0 Å². The van der Waals surface area contributed by atoms with Crippen molar-refractivity contribution in [2.45, 2.75) is 25.3 Å². The van der Waals surface area contributed by atoms with Crippen molar-refractivity contribution in [1.29, 1.82) is 0 Å². The van der Waals surface area contributed by atoms with Gasteiger partial charge in [0.15, 0.2) is 17.0 Å². The summed E-state index contributed by atoms with van der Waals surface area (Å²) in [7, 11) is 0. The molecule has 1 aliphatic carbocycles. The van der Waals surface area contributed by atoms with Crippen LogP contribution in [0.15, 0.2) is 24.5 Å². The standard InChI is InChI=1S/C14H13ClN6/c15-14-20-12(17-7-8-3-5-16-6-4-8)10-13(21-14)19-11(18-10)9-1-2-9/h3-6,9H,1-2,7H2,(H2,17,18,19,20,21). The molecule has 21 heavy (non-hydrogen) atoms. The molecule has 0 amide bonds. The number of fused-ring (bicyclic) bond motifs is 1. The normalized spacial score (nSPS) is 14.5. The molecule has 4 rings (SSSR count). The van der Waals surface area contributed by atoms with E-state index in [1.54, 1.807) is 12.4 Å². The topological polar surface area (TPSA) is 79.4 Å². The minimum absolute atomic E-state index is 0.214. The summed E-state index contributed by atoms with van der Waals surface area (Å²) in [5, 5.41) is 3.49. The highest BCUT2D eigenvalue weighted by atomic mass is 35.5. The summed E-state index contributed by atoms with van der Waals surface area (Å²) in [6.07, 6.45) is 5.89. The minimum Gasteiger partial charge on any atom is -0.364 e. The lowest BCUT2D eigenvalue weighted by atomic mass is 10.3. The van der Waals surface area contributed by atoms with Crippen molar-refractivity contribution in [3.8, 4) is 0 Å². The number of nitrogens with zero attached hydrogens (tertiary/aromatic N) is 4. The summed E-state index contributed by atoms with van der Waals surface area (Å²) >= 11 is 5.99. The molecule has 6 nitrogen and oxygen atoms in total. The van der Waals surface area contributed by atoms with E-state index in [-0.39, 0.29) is 5.28 Å². The van der Waals surface area contributed by atoms with Crippen LogP contribution in [0.2, 0.25) is 5.28 Å². The summed E-state index contributed by atoms with van der Waals surface area (Å²) in [6.45, 7) is 0.636. The van der Waals surface area contributed by atoms with E-state index >= 15 is 0 Å². The Kier molecular flexibility index (Phi) is 2.96. The lowest BCUT2D eigenvalue weighted by Gasteiger charge is -2.06. The van der Waals surface area contributed by atoms with E-state index in [0.717, 1.165) is 16.9 Å². The molecule has 0 unspecified atom stereocenters. The van der Waals surface area contributed by atoms with Gasteiger partial charge in [-0.1, -0.05) is 0 Å². The minimum atomic E-state index is 0.214. The van der Waals surface area contributed by atoms with Crippen molar-refractivity contribution < 1.29 is 0 Å². The third-order valence-corrected chi connectivity index (χ3v) is 3.68. The molecular weight excluding hydrogens is 288 g/mol. The van der Waals surface area contributed by atoms with Crippen LogP contribution >= 0.6 is 11.6 Å². The number of aromatic nitrogens is 5. The average molecular weight is 301 g/mol. The van der Waals surface area contributed by atoms with E-state index in [2.05, 4.69) is 30.2 Å². The van der Waals surface area contributed by atoms with Crippen LogP contribution in [0, 0.1) is 0 Å². The highest BCUT2D eigenvalue weighted by Crippen LogP contribution is 2.39. The molecule has 0 saturated heterocycles. The first kappa shape index (κ1) is 12.5. The van der Waals surface area contributed by atoms with Crippen LogP contribution in [0.1, 0.15) is 30.1 Å². The molecule has 7 heteroatoms. The molecule has 0 aliphatic heterocycles. The SMILES string of the molecule is Clc1nc(NCc2ccncc2)c2nc(C3CC3)[nH]c2n1. The van der Waals surface area contributed by atoms with Crippen LogP contribution in [-0.4, -0.2) is 24.9 Å². The number of hydrogen-bond donors (Lipinski definition) is 2. The van der Waals surface area contributed by atoms with Gasteiger partial charge in [0.25, 0.3) is 0 Å². The quantitative estimate of drug-likeness (QED) is 0.724. The number of anilines is 1. The molecule has 0 spiro atoms. The fourth-order valence-electron chi connectivity index (χ4n) is 2.25. The second-order valence-electron chi connectivity index (χ2n) is 5.14. The van der Waals surface area contributed by atoms with Crippen LogP contribution in [-0.2, 0) is 6.54 Å². The van der Waals surface area contributed by atoms with E-state index in [0.29, 0.717) is 23.9 Å². The summed E-state index contributed by atoms with van der Waals surface area (Å²) in [5.41, 5.74) is 2.55. The third kappa shape index (κ3) is 2.54. The molecule has 3 aromatic heterocycles. The third-order valence-electron chi connectivity index (χ3n) is 3.51.